The van der Waals surface area contributed by atoms with Gasteiger partial charge in [0.05, 0.1) is 17.9 Å². The van der Waals surface area contributed by atoms with Gasteiger partial charge in [0, 0.05) is 12.6 Å². The molecule has 0 amide bonds. The van der Waals surface area contributed by atoms with Gasteiger partial charge in [0.25, 0.3) is 5.56 Å². The minimum atomic E-state index is -0.632. The van der Waals surface area contributed by atoms with Crippen molar-refractivity contribution >= 4 is 5.82 Å². The van der Waals surface area contributed by atoms with Gasteiger partial charge in [-0.05, 0) is 25.0 Å². The van der Waals surface area contributed by atoms with Crippen LogP contribution in [-0.2, 0) is 6.54 Å². The van der Waals surface area contributed by atoms with Crippen molar-refractivity contribution in [1.29, 1.82) is 0 Å². The van der Waals surface area contributed by atoms with Gasteiger partial charge in [0.15, 0.2) is 0 Å². The number of aromatic amines is 1. The highest BCUT2D eigenvalue weighted by Crippen LogP contribution is 2.28. The first kappa shape index (κ1) is 16.1. The molecule has 1 aliphatic heterocycles. The van der Waals surface area contributed by atoms with E-state index in [4.69, 9.17) is 0 Å². The molecule has 7 heteroatoms. The number of fused-ring (bicyclic) bond motifs is 1. The van der Waals surface area contributed by atoms with Crippen LogP contribution < -0.4 is 16.6 Å². The van der Waals surface area contributed by atoms with Crippen LogP contribution >= 0.6 is 0 Å². The highest BCUT2D eigenvalue weighted by molar-refractivity contribution is 5.52. The average Bonchev–Trinajstić information content (AvgIpc) is 2.64. The van der Waals surface area contributed by atoms with Gasteiger partial charge in [0.1, 0.15) is 11.6 Å². The van der Waals surface area contributed by atoms with Crippen LogP contribution in [0, 0.1) is 5.82 Å². The molecule has 0 unspecified atom stereocenters. The molecule has 1 fully saturated rings. The fourth-order valence-electron chi connectivity index (χ4n) is 3.91. The molecule has 0 radical (unpaired) electrons. The number of H-pyrrole nitrogens is 1. The van der Waals surface area contributed by atoms with Crippen molar-refractivity contribution in [1.82, 2.24) is 14.5 Å². The number of nitrogens with zero attached hydrogens (tertiary/aromatic N) is 2. The quantitative estimate of drug-likeness (QED) is 0.876. The van der Waals surface area contributed by atoms with Gasteiger partial charge in [-0.2, -0.15) is 0 Å². The Kier molecular flexibility index (Phi) is 4.17. The van der Waals surface area contributed by atoms with E-state index in [-0.39, 0.29) is 5.69 Å². The van der Waals surface area contributed by atoms with E-state index in [2.05, 4.69) is 15.2 Å². The van der Waals surface area contributed by atoms with Crippen LogP contribution in [0.1, 0.15) is 37.7 Å². The number of aromatic nitrogens is 2. The lowest BCUT2D eigenvalue weighted by atomic mass is 9.94. The molecule has 1 aliphatic carbocycles. The first-order valence-electron chi connectivity index (χ1n) is 8.76. The molecule has 2 heterocycles. The number of halogens is 1. The normalized spacial score (nSPS) is 18.6. The minimum absolute atomic E-state index is 0.138. The number of benzene rings is 1. The number of rotatable bonds is 2. The van der Waals surface area contributed by atoms with E-state index in [1.807, 2.05) is 0 Å². The summed E-state index contributed by atoms with van der Waals surface area (Å²) in [5, 5.41) is 3.19. The lowest BCUT2D eigenvalue weighted by Crippen LogP contribution is -2.47. The second kappa shape index (κ2) is 6.48. The Morgan fingerprint density at radius 2 is 1.84 bits per heavy atom. The lowest BCUT2D eigenvalue weighted by Gasteiger charge is -2.38. The molecule has 6 nitrogen and oxygen atoms in total. The molecule has 132 valence electrons. The van der Waals surface area contributed by atoms with Crippen molar-refractivity contribution in [3.05, 3.63) is 56.5 Å². The van der Waals surface area contributed by atoms with E-state index < -0.39 is 17.1 Å². The molecule has 4 rings (SSSR count). The number of anilines is 1. The maximum Gasteiger partial charge on any atom is 0.334 e. The molecular weight excluding hydrogens is 323 g/mol. The topological polar surface area (TPSA) is 70.1 Å². The number of hydrogen-bond donors (Lipinski definition) is 2. The van der Waals surface area contributed by atoms with Crippen LogP contribution in [0.25, 0.3) is 5.69 Å². The Morgan fingerprint density at radius 1 is 1.08 bits per heavy atom. The van der Waals surface area contributed by atoms with Crippen LogP contribution in [0.3, 0.4) is 0 Å². The summed E-state index contributed by atoms with van der Waals surface area (Å²) in [6.45, 7) is 1.02. The summed E-state index contributed by atoms with van der Waals surface area (Å²) in [7, 11) is 0. The van der Waals surface area contributed by atoms with Crippen molar-refractivity contribution in [3.8, 4) is 5.69 Å². The second-order valence-corrected chi connectivity index (χ2v) is 6.75. The molecule has 0 saturated heterocycles. The van der Waals surface area contributed by atoms with Gasteiger partial charge in [-0.1, -0.05) is 31.4 Å². The van der Waals surface area contributed by atoms with Crippen molar-refractivity contribution in [2.75, 3.05) is 12.0 Å². The Labute approximate surface area is 144 Å². The summed E-state index contributed by atoms with van der Waals surface area (Å²) in [5.74, 6) is -0.110. The van der Waals surface area contributed by atoms with Gasteiger partial charge in [-0.25, -0.2) is 13.8 Å². The maximum atomic E-state index is 14.2. The van der Waals surface area contributed by atoms with Gasteiger partial charge >= 0.3 is 5.69 Å². The summed E-state index contributed by atoms with van der Waals surface area (Å²) in [5.41, 5.74) is -0.411. The van der Waals surface area contributed by atoms with Gasteiger partial charge in [-0.3, -0.25) is 14.7 Å². The fourth-order valence-corrected chi connectivity index (χ4v) is 3.91. The molecule has 1 aromatic carbocycles. The molecule has 2 N–H and O–H groups in total. The Balaban J connectivity index is 1.77. The molecular formula is C18H21FN4O2. The largest absolute Gasteiger partial charge is 0.358 e. The number of nitrogens with one attached hydrogen (secondary N) is 2. The third-order valence-corrected chi connectivity index (χ3v) is 5.20. The molecule has 1 aromatic heterocycles. The predicted molar refractivity (Wildman–Crippen MR) is 93.5 cm³/mol. The number of hydrogen-bond acceptors (Lipinski definition) is 4. The van der Waals surface area contributed by atoms with Crippen molar-refractivity contribution in [3.63, 3.8) is 0 Å². The smallest absolute Gasteiger partial charge is 0.334 e. The maximum absolute atomic E-state index is 14.2. The SMILES string of the molecule is O=c1[nH]c(=O)n(-c2ccccc2F)c2c1CN(C1CCCCC1)CN2. The number of para-hydroxylation sites is 1. The monoisotopic (exact) mass is 344 g/mol. The standard InChI is InChI=1S/C18H21FN4O2/c19-14-8-4-5-9-15(14)23-16-13(17(24)21-18(23)25)10-22(11-20-16)12-6-2-1-3-7-12/h4-5,8-9,12,20H,1-3,6-7,10-11H2,(H,21,24,25). The molecule has 0 bridgehead atoms. The Bertz CT molecular complexity index is 899. The van der Waals surface area contributed by atoms with E-state index in [0.29, 0.717) is 30.6 Å². The third kappa shape index (κ3) is 2.89. The average molecular weight is 344 g/mol. The van der Waals surface area contributed by atoms with Crippen LogP contribution in [0.15, 0.2) is 33.9 Å². The van der Waals surface area contributed by atoms with Crippen LogP contribution in [0.5, 0.6) is 0 Å². The van der Waals surface area contributed by atoms with Crippen LogP contribution in [0.4, 0.5) is 10.2 Å². The van der Waals surface area contributed by atoms with E-state index >= 15 is 0 Å². The summed E-state index contributed by atoms with van der Waals surface area (Å²) in [4.78, 5) is 29.3. The van der Waals surface area contributed by atoms with E-state index in [0.717, 1.165) is 12.8 Å². The Hall–Kier alpha value is -2.41. The zero-order chi connectivity index (χ0) is 17.4. The summed E-state index contributed by atoms with van der Waals surface area (Å²) >= 11 is 0. The summed E-state index contributed by atoms with van der Waals surface area (Å²) in [6.07, 6.45) is 5.93. The minimum Gasteiger partial charge on any atom is -0.358 e. The van der Waals surface area contributed by atoms with Crippen LogP contribution in [0.2, 0.25) is 0 Å². The first-order valence-corrected chi connectivity index (χ1v) is 8.76. The molecule has 2 aliphatic rings. The first-order chi connectivity index (χ1) is 12.1. The molecule has 0 spiro atoms. The highest BCUT2D eigenvalue weighted by atomic mass is 19.1. The zero-order valence-corrected chi connectivity index (χ0v) is 13.9. The van der Waals surface area contributed by atoms with Gasteiger partial charge < -0.3 is 5.32 Å². The molecule has 2 aromatic rings. The van der Waals surface area contributed by atoms with Gasteiger partial charge in [0.2, 0.25) is 0 Å². The lowest BCUT2D eigenvalue weighted by molar-refractivity contribution is 0.152. The third-order valence-electron chi connectivity index (χ3n) is 5.20. The van der Waals surface area contributed by atoms with E-state index in [9.17, 15) is 14.0 Å². The molecule has 1 saturated carbocycles. The van der Waals surface area contributed by atoms with Crippen molar-refractivity contribution in [2.45, 2.75) is 44.7 Å². The highest BCUT2D eigenvalue weighted by Gasteiger charge is 2.29. The van der Waals surface area contributed by atoms with Crippen molar-refractivity contribution in [2.24, 2.45) is 0 Å². The van der Waals surface area contributed by atoms with Gasteiger partial charge in [-0.15, -0.1) is 0 Å². The van der Waals surface area contributed by atoms with E-state index in [1.54, 1.807) is 12.1 Å². The predicted octanol–water partition coefficient (Wildman–Crippen LogP) is 2.18. The fraction of sp³-hybridized carbons (Fsp3) is 0.444. The second-order valence-electron chi connectivity index (χ2n) is 6.75. The summed E-state index contributed by atoms with van der Waals surface area (Å²) in [6, 6.07) is 6.52. The van der Waals surface area contributed by atoms with Crippen molar-refractivity contribution < 1.29 is 4.39 Å². The zero-order valence-electron chi connectivity index (χ0n) is 13.9. The molecule has 0 atom stereocenters. The molecule has 25 heavy (non-hydrogen) atoms. The van der Waals surface area contributed by atoms with E-state index in [1.165, 1.54) is 36.0 Å². The van der Waals surface area contributed by atoms with Crippen LogP contribution in [-0.4, -0.2) is 27.2 Å². The Morgan fingerprint density at radius 3 is 2.60 bits per heavy atom. The summed E-state index contributed by atoms with van der Waals surface area (Å²) < 4.78 is 15.4.